The van der Waals surface area contributed by atoms with Gasteiger partial charge in [-0.2, -0.15) is 0 Å². The van der Waals surface area contributed by atoms with Crippen LogP contribution in [0.25, 0.3) is 0 Å². The molecule has 0 aliphatic carbocycles. The number of ether oxygens (including phenoxy) is 1. The summed E-state index contributed by atoms with van der Waals surface area (Å²) in [4.78, 5) is 0. The van der Waals surface area contributed by atoms with Gasteiger partial charge in [0.05, 0.1) is 12.9 Å². The second-order valence-electron chi connectivity index (χ2n) is 2.87. The largest absolute Gasteiger partial charge is 0.522 e. The first kappa shape index (κ1) is 12.1. The summed E-state index contributed by atoms with van der Waals surface area (Å²) in [5.41, 5.74) is 0. The molecule has 3 nitrogen and oxygen atoms in total. The van der Waals surface area contributed by atoms with Gasteiger partial charge in [0.2, 0.25) is 0 Å². The Morgan fingerprint density at radius 3 is 2.73 bits per heavy atom. The number of hydrogen-bond acceptors (Lipinski definition) is 3. The molecule has 1 rings (SSSR count). The van der Waals surface area contributed by atoms with E-state index in [0.29, 0.717) is 13.0 Å². The van der Waals surface area contributed by atoms with Crippen molar-refractivity contribution in [1.29, 1.82) is 0 Å². The van der Waals surface area contributed by atoms with Crippen LogP contribution in [-0.4, -0.2) is 26.1 Å². The van der Waals surface area contributed by atoms with E-state index in [1.807, 2.05) is 6.07 Å². The quantitative estimate of drug-likeness (QED) is 0.748. The molecule has 0 aromatic carbocycles. The lowest BCUT2D eigenvalue weighted by molar-refractivity contribution is -0.323. The van der Waals surface area contributed by atoms with E-state index in [1.54, 1.807) is 12.3 Å². The van der Waals surface area contributed by atoms with Crippen molar-refractivity contribution in [3.63, 3.8) is 0 Å². The summed E-state index contributed by atoms with van der Waals surface area (Å²) in [6, 6.07) is 3.58. The molecule has 0 atom stereocenters. The molecular formula is C9H12F3NO2. The molecule has 1 aromatic heterocycles. The Kier molecular flexibility index (Phi) is 4.64. The van der Waals surface area contributed by atoms with Gasteiger partial charge in [-0.1, -0.05) is 0 Å². The predicted molar refractivity (Wildman–Crippen MR) is 47.3 cm³/mol. The molecule has 1 aromatic rings. The van der Waals surface area contributed by atoms with Gasteiger partial charge in [0.1, 0.15) is 5.76 Å². The van der Waals surface area contributed by atoms with E-state index in [4.69, 9.17) is 4.42 Å². The molecule has 0 spiro atoms. The Balaban J connectivity index is 1.94. The van der Waals surface area contributed by atoms with Gasteiger partial charge < -0.3 is 9.73 Å². The van der Waals surface area contributed by atoms with E-state index in [9.17, 15) is 13.2 Å². The highest BCUT2D eigenvalue weighted by atomic mass is 19.4. The van der Waals surface area contributed by atoms with Crippen molar-refractivity contribution < 1.29 is 22.3 Å². The van der Waals surface area contributed by atoms with Crippen LogP contribution in [-0.2, 0) is 11.2 Å². The standard InChI is InChI=1S/C9H12F3NO2/c10-9(11,12)15-7-5-13-4-3-8-2-1-6-14-8/h1-2,6,13H,3-5,7H2. The van der Waals surface area contributed by atoms with Gasteiger partial charge in [0.25, 0.3) is 0 Å². The van der Waals surface area contributed by atoms with Crippen LogP contribution in [0.4, 0.5) is 13.2 Å². The molecule has 0 unspecified atom stereocenters. The van der Waals surface area contributed by atoms with Crippen molar-refractivity contribution in [2.24, 2.45) is 0 Å². The average molecular weight is 223 g/mol. The smallest absolute Gasteiger partial charge is 0.469 e. The van der Waals surface area contributed by atoms with Crippen LogP contribution in [0.15, 0.2) is 22.8 Å². The molecule has 0 saturated heterocycles. The summed E-state index contributed by atoms with van der Waals surface area (Å²) < 4.78 is 43.2. The minimum absolute atomic E-state index is 0.167. The molecule has 1 N–H and O–H groups in total. The maximum absolute atomic E-state index is 11.5. The van der Waals surface area contributed by atoms with E-state index >= 15 is 0 Å². The van der Waals surface area contributed by atoms with Crippen LogP contribution >= 0.6 is 0 Å². The van der Waals surface area contributed by atoms with E-state index in [1.165, 1.54) is 0 Å². The van der Waals surface area contributed by atoms with Gasteiger partial charge in [-0.05, 0) is 12.1 Å². The summed E-state index contributed by atoms with van der Waals surface area (Å²) in [7, 11) is 0. The lowest BCUT2D eigenvalue weighted by atomic mass is 10.3. The van der Waals surface area contributed by atoms with Gasteiger partial charge in [-0.3, -0.25) is 4.74 Å². The number of hydrogen-bond donors (Lipinski definition) is 1. The molecule has 0 bridgehead atoms. The molecule has 86 valence electrons. The van der Waals surface area contributed by atoms with Crippen LogP contribution in [0.2, 0.25) is 0 Å². The third-order valence-corrected chi connectivity index (χ3v) is 1.67. The molecule has 0 fully saturated rings. The van der Waals surface area contributed by atoms with E-state index in [2.05, 4.69) is 10.1 Å². The fourth-order valence-electron chi connectivity index (χ4n) is 1.03. The first-order valence-corrected chi connectivity index (χ1v) is 4.52. The fraction of sp³-hybridized carbons (Fsp3) is 0.556. The van der Waals surface area contributed by atoms with Crippen LogP contribution in [0.3, 0.4) is 0 Å². The van der Waals surface area contributed by atoms with Crippen LogP contribution < -0.4 is 5.32 Å². The zero-order valence-corrected chi connectivity index (χ0v) is 8.01. The zero-order valence-electron chi connectivity index (χ0n) is 8.01. The summed E-state index contributed by atoms with van der Waals surface area (Å²) >= 11 is 0. The van der Waals surface area contributed by atoms with E-state index in [0.717, 1.165) is 5.76 Å². The number of halogens is 3. The molecule has 0 saturated carbocycles. The summed E-state index contributed by atoms with van der Waals surface area (Å²) in [6.45, 7) is 0.358. The SMILES string of the molecule is FC(F)(F)OCCNCCc1ccco1. The van der Waals surface area contributed by atoms with Crippen molar-refractivity contribution in [2.45, 2.75) is 12.8 Å². The van der Waals surface area contributed by atoms with Crippen molar-refractivity contribution in [3.05, 3.63) is 24.2 Å². The topological polar surface area (TPSA) is 34.4 Å². The summed E-state index contributed by atoms with van der Waals surface area (Å²) in [5, 5.41) is 2.81. The lowest BCUT2D eigenvalue weighted by Gasteiger charge is -2.07. The third kappa shape index (κ3) is 6.14. The van der Waals surface area contributed by atoms with Gasteiger partial charge >= 0.3 is 6.36 Å². The normalized spacial score (nSPS) is 11.9. The maximum atomic E-state index is 11.5. The second kappa shape index (κ2) is 5.77. The van der Waals surface area contributed by atoms with Crippen molar-refractivity contribution in [3.8, 4) is 0 Å². The van der Waals surface area contributed by atoms with Gasteiger partial charge in [-0.15, -0.1) is 13.2 Å². The summed E-state index contributed by atoms with van der Waals surface area (Å²) in [6.07, 6.45) is -2.33. The summed E-state index contributed by atoms with van der Waals surface area (Å²) in [5.74, 6) is 0.805. The van der Waals surface area contributed by atoms with Gasteiger partial charge in [-0.25, -0.2) is 0 Å². The minimum atomic E-state index is -4.54. The Bertz CT molecular complexity index is 259. The highest BCUT2D eigenvalue weighted by molar-refractivity contribution is 4.98. The minimum Gasteiger partial charge on any atom is -0.469 e. The maximum Gasteiger partial charge on any atom is 0.522 e. The van der Waals surface area contributed by atoms with Crippen LogP contribution in [0.5, 0.6) is 0 Å². The van der Waals surface area contributed by atoms with Gasteiger partial charge in [0, 0.05) is 19.5 Å². The average Bonchev–Trinajstić information content (AvgIpc) is 2.61. The fourth-order valence-corrected chi connectivity index (χ4v) is 1.03. The second-order valence-corrected chi connectivity index (χ2v) is 2.87. The van der Waals surface area contributed by atoms with Crippen molar-refractivity contribution >= 4 is 0 Å². The third-order valence-electron chi connectivity index (χ3n) is 1.67. The molecule has 0 radical (unpaired) electrons. The predicted octanol–water partition coefficient (Wildman–Crippen LogP) is 1.95. The van der Waals surface area contributed by atoms with E-state index < -0.39 is 6.36 Å². The zero-order chi connectivity index (χ0) is 11.1. The molecule has 15 heavy (non-hydrogen) atoms. The Morgan fingerprint density at radius 1 is 1.33 bits per heavy atom. The number of furan rings is 1. The molecular weight excluding hydrogens is 211 g/mol. The van der Waals surface area contributed by atoms with Crippen molar-refractivity contribution in [2.75, 3.05) is 19.7 Å². The van der Waals surface area contributed by atoms with Gasteiger partial charge in [0.15, 0.2) is 0 Å². The molecule has 6 heteroatoms. The highest BCUT2D eigenvalue weighted by Crippen LogP contribution is 2.15. The highest BCUT2D eigenvalue weighted by Gasteiger charge is 2.28. The number of rotatable bonds is 6. The van der Waals surface area contributed by atoms with E-state index in [-0.39, 0.29) is 13.2 Å². The monoisotopic (exact) mass is 223 g/mol. The molecule has 0 aliphatic rings. The number of alkyl halides is 3. The first-order chi connectivity index (χ1) is 7.08. The molecule has 1 heterocycles. The Hall–Kier alpha value is -1.01. The van der Waals surface area contributed by atoms with Crippen LogP contribution in [0.1, 0.15) is 5.76 Å². The Labute approximate surface area is 85.2 Å². The first-order valence-electron chi connectivity index (χ1n) is 4.52. The molecule has 0 aliphatic heterocycles. The van der Waals surface area contributed by atoms with Crippen molar-refractivity contribution in [1.82, 2.24) is 5.32 Å². The van der Waals surface area contributed by atoms with Crippen LogP contribution in [0, 0.1) is 0 Å². The Morgan fingerprint density at radius 2 is 2.13 bits per heavy atom. The number of nitrogens with one attached hydrogen (secondary N) is 1. The molecule has 0 amide bonds. The lowest BCUT2D eigenvalue weighted by Crippen LogP contribution is -2.25.